The average molecular weight is 249 g/mol. The van der Waals surface area contributed by atoms with Crippen LogP contribution in [0.25, 0.3) is 0 Å². The lowest BCUT2D eigenvalue weighted by Gasteiger charge is -2.02. The Bertz CT molecular complexity index is 262. The highest BCUT2D eigenvalue weighted by molar-refractivity contribution is 7.85. The summed E-state index contributed by atoms with van der Waals surface area (Å²) in [6.07, 6.45) is 2.19. The number of ether oxygens (including phenoxy) is 1. The molecule has 0 atom stereocenters. The van der Waals surface area contributed by atoms with Gasteiger partial charge in [0.05, 0.1) is 12.4 Å². The Kier molecular flexibility index (Phi) is 11.0. The lowest BCUT2D eigenvalue weighted by molar-refractivity contribution is -0.143. The van der Waals surface area contributed by atoms with Crippen molar-refractivity contribution in [2.24, 2.45) is 0 Å². The third-order valence-corrected chi connectivity index (χ3v) is 2.35. The van der Waals surface area contributed by atoms with Crippen molar-refractivity contribution in [3.05, 3.63) is 0 Å². The first-order valence-corrected chi connectivity index (χ1v) is 6.17. The van der Waals surface area contributed by atoms with Crippen LogP contribution in [0.1, 0.15) is 32.6 Å². The molecule has 0 fully saturated rings. The van der Waals surface area contributed by atoms with E-state index in [0.717, 1.165) is 12.8 Å². The molecule has 1 N–H and O–H groups in total. The van der Waals surface area contributed by atoms with Crippen LogP contribution in [0.4, 0.5) is 0 Å². The molecule has 15 heavy (non-hydrogen) atoms. The van der Waals surface area contributed by atoms with Gasteiger partial charge in [0, 0.05) is 29.5 Å². The molecule has 0 rings (SSSR count). The topological polar surface area (TPSA) is 80.7 Å². The van der Waals surface area contributed by atoms with Gasteiger partial charge in [0.25, 0.3) is 10.1 Å². The molecule has 0 aliphatic heterocycles. The van der Waals surface area contributed by atoms with Crippen LogP contribution in [0, 0.1) is 0 Å². The summed E-state index contributed by atoms with van der Waals surface area (Å²) in [4.78, 5) is 10.9. The molecule has 0 amide bonds. The summed E-state index contributed by atoms with van der Waals surface area (Å²) in [5, 5.41) is 0. The van der Waals surface area contributed by atoms with Gasteiger partial charge in [0.2, 0.25) is 0 Å². The highest BCUT2D eigenvalue weighted by Gasteiger charge is 2.05. The van der Waals surface area contributed by atoms with Crippen molar-refractivity contribution in [1.29, 1.82) is 0 Å². The Morgan fingerprint density at radius 2 is 1.93 bits per heavy atom. The van der Waals surface area contributed by atoms with E-state index >= 15 is 0 Å². The molecule has 0 aliphatic carbocycles. The predicted octanol–water partition coefficient (Wildman–Crippen LogP) is 0.617. The molecule has 0 bridgehead atoms. The lowest BCUT2D eigenvalue weighted by Crippen LogP contribution is -2.10. The summed E-state index contributed by atoms with van der Waals surface area (Å²) in [5.41, 5.74) is 0. The molecule has 0 aliphatic rings. The number of esters is 1. The van der Waals surface area contributed by atoms with Crippen molar-refractivity contribution < 1.29 is 22.5 Å². The maximum absolute atomic E-state index is 10.9. The van der Waals surface area contributed by atoms with Gasteiger partial charge in [-0.3, -0.25) is 9.35 Å². The molecule has 0 aromatic heterocycles. The van der Waals surface area contributed by atoms with Crippen LogP contribution in [0.3, 0.4) is 0 Å². The fraction of sp³-hybridized carbons (Fsp3) is 0.875. The summed E-state index contributed by atoms with van der Waals surface area (Å²) >= 11 is 0. The van der Waals surface area contributed by atoms with E-state index in [2.05, 4.69) is 0 Å². The van der Waals surface area contributed by atoms with Gasteiger partial charge in [0.15, 0.2) is 0 Å². The van der Waals surface area contributed by atoms with E-state index in [-0.39, 0.29) is 47.8 Å². The van der Waals surface area contributed by atoms with E-state index in [1.54, 1.807) is 0 Å². The minimum Gasteiger partial charge on any atom is -0.466 e. The second-order valence-corrected chi connectivity index (χ2v) is 4.54. The Morgan fingerprint density at radius 3 is 2.40 bits per heavy atom. The van der Waals surface area contributed by atoms with Crippen molar-refractivity contribution in [3.8, 4) is 0 Å². The Balaban J connectivity index is 0. The molecule has 2 radical (unpaired) electrons. The predicted molar refractivity (Wildman–Crippen MR) is 57.3 cm³/mol. The van der Waals surface area contributed by atoms with Crippen LogP contribution in [0.2, 0.25) is 0 Å². The highest BCUT2D eigenvalue weighted by atomic mass is 32.2. The first kappa shape index (κ1) is 17.5. The van der Waals surface area contributed by atoms with Gasteiger partial charge in [-0.25, -0.2) is 0 Å². The molecular weight excluding hydrogens is 232 g/mol. The Labute approximate surface area is 106 Å². The van der Waals surface area contributed by atoms with E-state index in [1.807, 2.05) is 6.92 Å². The van der Waals surface area contributed by atoms with Gasteiger partial charge in [-0.05, 0) is 12.8 Å². The van der Waals surface area contributed by atoms with E-state index in [1.165, 1.54) is 0 Å². The van der Waals surface area contributed by atoms with Gasteiger partial charge >= 0.3 is 5.97 Å². The summed E-state index contributed by atoms with van der Waals surface area (Å²) in [5.74, 6) is -0.684. The molecule has 0 saturated carbocycles. The Morgan fingerprint density at radius 1 is 1.33 bits per heavy atom. The van der Waals surface area contributed by atoms with Gasteiger partial charge in [-0.15, -0.1) is 0 Å². The molecule has 86 valence electrons. The number of carbonyl (C=O) groups excluding carboxylic acids is 1. The maximum atomic E-state index is 10.9. The Hall–Kier alpha value is 0.146. The first-order chi connectivity index (χ1) is 6.45. The summed E-state index contributed by atoms with van der Waals surface area (Å²) < 4.78 is 33.6. The molecule has 0 saturated heterocycles. The van der Waals surface area contributed by atoms with Crippen molar-refractivity contribution in [2.45, 2.75) is 32.6 Å². The number of carbonyl (C=O) groups is 1. The van der Waals surface area contributed by atoms with Crippen molar-refractivity contribution >= 4 is 39.1 Å². The van der Waals surface area contributed by atoms with E-state index < -0.39 is 10.1 Å². The van der Waals surface area contributed by atoms with E-state index in [4.69, 9.17) is 9.29 Å². The largest absolute Gasteiger partial charge is 0.466 e. The molecule has 0 unspecified atom stereocenters. The number of rotatable bonds is 7. The highest BCUT2D eigenvalue weighted by Crippen LogP contribution is 1.97. The van der Waals surface area contributed by atoms with Gasteiger partial charge in [0.1, 0.15) is 0 Å². The van der Waals surface area contributed by atoms with Crippen LogP contribution in [0.15, 0.2) is 0 Å². The molecule has 7 heteroatoms. The minimum absolute atomic E-state index is 0. The van der Waals surface area contributed by atoms with Crippen LogP contribution in [-0.4, -0.2) is 54.4 Å². The summed E-state index contributed by atoms with van der Waals surface area (Å²) in [7, 11) is -3.93. The number of hydrogen-bond acceptors (Lipinski definition) is 4. The minimum atomic E-state index is -3.93. The molecule has 5 nitrogen and oxygen atoms in total. The summed E-state index contributed by atoms with van der Waals surface area (Å²) in [6.45, 7) is 2.01. The van der Waals surface area contributed by atoms with Gasteiger partial charge in [-0.1, -0.05) is 13.3 Å². The second kappa shape index (κ2) is 9.38. The third-order valence-electron chi connectivity index (χ3n) is 1.54. The van der Waals surface area contributed by atoms with E-state index in [9.17, 15) is 13.2 Å². The zero-order valence-electron chi connectivity index (χ0n) is 8.94. The summed E-state index contributed by atoms with van der Waals surface area (Å²) in [6, 6.07) is 0. The van der Waals surface area contributed by atoms with Crippen molar-refractivity contribution in [2.75, 3.05) is 12.4 Å². The standard InChI is InChI=1S/C8H16O5S.Mg/c1-2-3-5-8(9)13-6-4-7-14(10,11)12;/h2-7H2,1H3,(H,10,11,12);. The van der Waals surface area contributed by atoms with Crippen molar-refractivity contribution in [3.63, 3.8) is 0 Å². The fourth-order valence-corrected chi connectivity index (χ4v) is 1.30. The quantitative estimate of drug-likeness (QED) is 0.309. The fourth-order valence-electron chi connectivity index (χ4n) is 0.821. The van der Waals surface area contributed by atoms with Crippen LogP contribution < -0.4 is 0 Å². The maximum Gasteiger partial charge on any atom is 0.305 e. The lowest BCUT2D eigenvalue weighted by atomic mass is 10.2. The average Bonchev–Trinajstić information content (AvgIpc) is 2.07. The molecule has 0 heterocycles. The second-order valence-electron chi connectivity index (χ2n) is 2.96. The normalized spacial score (nSPS) is 10.5. The monoisotopic (exact) mass is 248 g/mol. The van der Waals surface area contributed by atoms with E-state index in [0.29, 0.717) is 6.42 Å². The molecule has 0 aromatic rings. The molecule has 0 spiro atoms. The SMILES string of the molecule is CCCCC(=O)OCCCS(=O)(=O)O.[Mg]. The number of unbranched alkanes of at least 4 members (excludes halogenated alkanes) is 1. The van der Waals surface area contributed by atoms with Crippen LogP contribution in [-0.2, 0) is 19.6 Å². The molecule has 0 aromatic carbocycles. The van der Waals surface area contributed by atoms with Crippen LogP contribution >= 0.6 is 0 Å². The molecular formula is C8H16MgO5S. The number of hydrogen-bond donors (Lipinski definition) is 1. The van der Waals surface area contributed by atoms with Gasteiger partial charge in [-0.2, -0.15) is 8.42 Å². The zero-order chi connectivity index (χ0) is 11.0. The zero-order valence-corrected chi connectivity index (χ0v) is 11.2. The van der Waals surface area contributed by atoms with Crippen molar-refractivity contribution in [1.82, 2.24) is 0 Å². The van der Waals surface area contributed by atoms with Crippen LogP contribution in [0.5, 0.6) is 0 Å². The smallest absolute Gasteiger partial charge is 0.305 e. The first-order valence-electron chi connectivity index (χ1n) is 4.56. The third kappa shape index (κ3) is 14.1. The van der Waals surface area contributed by atoms with Gasteiger partial charge < -0.3 is 4.74 Å².